The van der Waals surface area contributed by atoms with Crippen molar-refractivity contribution in [1.82, 2.24) is 35.4 Å². The third-order valence-corrected chi connectivity index (χ3v) is 30.5. The number of aliphatic hydroxyl groups excluding tert-OH is 7. The van der Waals surface area contributed by atoms with E-state index in [1.165, 1.54) is 36.4 Å². The Hall–Kier alpha value is -9.55. The lowest BCUT2D eigenvalue weighted by atomic mass is 9.81. The molecule has 136 heavy (non-hydrogen) atoms. The third-order valence-electron chi connectivity index (χ3n) is 22.0. The first-order chi connectivity index (χ1) is 62.4. The van der Waals surface area contributed by atoms with Crippen molar-refractivity contribution in [1.29, 1.82) is 0 Å². The van der Waals surface area contributed by atoms with Crippen molar-refractivity contribution in [2.24, 2.45) is 71.0 Å². The molecule has 72 heteroatoms. The number of alkyl halides is 14. The van der Waals surface area contributed by atoms with Crippen LogP contribution >= 0.6 is 0 Å². The average molecular weight is 2120 g/mol. The van der Waals surface area contributed by atoms with Crippen LogP contribution in [0.4, 0.5) is 61.5 Å². The van der Waals surface area contributed by atoms with E-state index in [4.69, 9.17) is 45.2 Å². The number of hydroxylamine groups is 14. The Balaban J connectivity index is 0.000000164. The Morgan fingerprint density at radius 1 is 0.294 bits per heavy atom. The second-order valence-corrected chi connectivity index (χ2v) is 41.8. The largest absolute Gasteiger partial charge is 0.394 e. The van der Waals surface area contributed by atoms with E-state index in [1.807, 2.05) is 0 Å². The zero-order chi connectivity index (χ0) is 103. The van der Waals surface area contributed by atoms with Gasteiger partial charge in [-0.1, -0.05) is 36.4 Å². The molecule has 51 nitrogen and oxygen atoms in total. The summed E-state index contributed by atoms with van der Waals surface area (Å²) in [6.45, 7) is -14.1. The zero-order valence-electron chi connectivity index (χ0n) is 66.6. The molecule has 1 aromatic rings. The van der Waals surface area contributed by atoms with Crippen LogP contribution in [0.5, 0.6) is 0 Å². The number of hydrogen-bond donors (Lipinski definition) is 7. The van der Waals surface area contributed by atoms with E-state index in [2.05, 4.69) is 30.0 Å². The van der Waals surface area contributed by atoms with Crippen LogP contribution in [0.1, 0.15) is 72.1 Å². The van der Waals surface area contributed by atoms with Crippen LogP contribution in [0.15, 0.2) is 60.7 Å². The van der Waals surface area contributed by atoms with Gasteiger partial charge < -0.3 is 45.2 Å². The van der Waals surface area contributed by atoms with E-state index in [0.29, 0.717) is 31.4 Å². The van der Waals surface area contributed by atoms with Gasteiger partial charge in [0.05, 0.1) is 82.9 Å². The van der Waals surface area contributed by atoms with Crippen LogP contribution in [0.3, 0.4) is 0 Å². The molecule has 758 valence electrons. The number of carbonyl (C=O) groups is 14. The summed E-state index contributed by atoms with van der Waals surface area (Å²) >= 11 is 0. The number of hydrogen-bond acceptors (Lipinski definition) is 44. The average Bonchev–Trinajstić information content (AvgIpc) is 1.58. The fourth-order valence-electron chi connectivity index (χ4n) is 15.5. The summed E-state index contributed by atoms with van der Waals surface area (Å²) in [7, 11) is -39.4. The van der Waals surface area contributed by atoms with E-state index in [-0.39, 0.29) is 83.1 Å². The van der Waals surface area contributed by atoms with Crippen molar-refractivity contribution in [3.63, 3.8) is 0 Å². The summed E-state index contributed by atoms with van der Waals surface area (Å²) in [4.78, 5) is 163. The molecule has 4 aliphatic carbocycles. The minimum atomic E-state index is -5.68. The van der Waals surface area contributed by atoms with Crippen LogP contribution in [0, 0.1) is 71.0 Å². The SMILES string of the molecule is O=C1C2C3C=CC(C3)C2C(=O)N1OS(=O)(=O)C(F)(F)CO.O=C1C2C3C=CC(O3)C2C(=O)N1OS(=O)(=O)C(F)(F)CO.O=C1C2C3CCC(C3)C2C(=O)N1OS(=O)(=O)C(F)(F)CO.O=C1C2C3CCC(O3)C2C(=O)N1OS(=O)(=O)C(F)(F)CO.O=C1C=CC(=O)N1OS(=O)(=O)C(F)(F)CO.O=C1CCC(=O)N1OS(=O)(=O)C(F)(F)CO.O=C1c2ccccc2C(=O)N1OS(=O)(=O)C(F)(F)CO. The van der Waals surface area contributed by atoms with Gasteiger partial charge in [-0.25, -0.2) is 0 Å². The fourth-order valence-corrected chi connectivity index (χ4v) is 19.7. The molecule has 16 rings (SSSR count). The number of nitrogens with zero attached hydrogens (tertiary/aromatic N) is 7. The highest BCUT2D eigenvalue weighted by atomic mass is 32.2. The highest BCUT2D eigenvalue weighted by Gasteiger charge is 2.69. The molecule has 0 radical (unpaired) electrons. The van der Waals surface area contributed by atoms with E-state index < -0.39 is 308 Å². The molecular formula is C64H63F14N7O44S7. The van der Waals surface area contributed by atoms with Gasteiger partial charge in [-0.3, -0.25) is 67.1 Å². The Morgan fingerprint density at radius 3 is 0.816 bits per heavy atom. The number of carbonyl (C=O) groups excluding carboxylic acids is 14. The van der Waals surface area contributed by atoms with Crippen LogP contribution in [0.25, 0.3) is 0 Å². The lowest BCUT2D eigenvalue weighted by molar-refractivity contribution is -0.171. The van der Waals surface area contributed by atoms with Gasteiger partial charge in [0.25, 0.3) is 82.7 Å². The lowest BCUT2D eigenvalue weighted by Crippen LogP contribution is -2.43. The lowest BCUT2D eigenvalue weighted by Gasteiger charge is -2.19. The first kappa shape index (κ1) is 108. The summed E-state index contributed by atoms with van der Waals surface area (Å²) in [5.74, 6) is -21.6. The molecule has 8 bridgehead atoms. The molecule has 8 saturated heterocycles. The number of halogens is 14. The summed E-state index contributed by atoms with van der Waals surface area (Å²) in [5, 5.41) is 24.5. The van der Waals surface area contributed by atoms with Gasteiger partial charge in [-0.05, 0) is 74.3 Å². The number of fused-ring (bicyclic) bond motifs is 21. The number of imide groups is 7. The van der Waals surface area contributed by atoms with Crippen molar-refractivity contribution >= 4 is 154 Å². The van der Waals surface area contributed by atoms with E-state index in [1.54, 1.807) is 12.2 Å². The highest BCUT2D eigenvalue weighted by molar-refractivity contribution is 7.89. The minimum Gasteiger partial charge on any atom is -0.389 e. The smallest absolute Gasteiger partial charge is 0.389 e. The molecule has 14 amide bonds. The fraction of sp³-hybridized carbons (Fsp3) is 0.594. The third kappa shape index (κ3) is 19.7. The first-order valence-corrected chi connectivity index (χ1v) is 47.4. The Morgan fingerprint density at radius 2 is 0.537 bits per heavy atom. The Bertz CT molecular complexity index is 5540. The number of allylic oxidation sites excluding steroid dienone is 2. The van der Waals surface area contributed by atoms with Crippen molar-refractivity contribution < 1.29 is 263 Å². The quantitative estimate of drug-likeness (QED) is 0.0235. The summed E-state index contributed by atoms with van der Waals surface area (Å²) < 4.78 is 375. The van der Waals surface area contributed by atoms with Gasteiger partial charge in [-0.15, -0.1) is 65.4 Å². The number of benzene rings is 1. The van der Waals surface area contributed by atoms with Gasteiger partial charge in [0.2, 0.25) is 0 Å². The highest BCUT2D eigenvalue weighted by Crippen LogP contribution is 2.58. The molecule has 11 heterocycles. The number of amides is 14. The van der Waals surface area contributed by atoms with Crippen LogP contribution in [-0.2, 0) is 168 Å². The van der Waals surface area contributed by atoms with Crippen LogP contribution in [-0.4, -0.2) is 320 Å². The van der Waals surface area contributed by atoms with Gasteiger partial charge in [0.1, 0.15) is 46.2 Å². The molecule has 11 fully saturated rings. The normalized spacial score (nSPS) is 28.3. The van der Waals surface area contributed by atoms with Gasteiger partial charge in [0.15, 0.2) is 0 Å². The molecule has 0 spiro atoms. The molecule has 3 saturated carbocycles. The minimum absolute atomic E-state index is 0.0221. The Labute approximate surface area is 749 Å². The number of rotatable bonds is 28. The topological polar surface area (TPSA) is 725 Å². The Kier molecular flexibility index (Phi) is 30.5. The molecule has 15 aliphatic rings. The van der Waals surface area contributed by atoms with Crippen molar-refractivity contribution in [2.45, 2.75) is 113 Å². The first-order valence-electron chi connectivity index (χ1n) is 37.5. The van der Waals surface area contributed by atoms with E-state index in [0.717, 1.165) is 19.3 Å². The number of aliphatic hydroxyl groups is 7. The maximum Gasteiger partial charge on any atom is 0.394 e. The molecule has 11 aliphatic heterocycles. The summed E-state index contributed by atoms with van der Waals surface area (Å²) in [6.07, 6.45) is 8.77. The monoisotopic (exact) mass is 2120 g/mol. The summed E-state index contributed by atoms with van der Waals surface area (Å²) in [6, 6.07) is 5.25. The van der Waals surface area contributed by atoms with Crippen molar-refractivity contribution in [3.8, 4) is 0 Å². The maximum atomic E-state index is 13.1. The number of ether oxygens (including phenoxy) is 2. The van der Waals surface area contributed by atoms with Crippen molar-refractivity contribution in [3.05, 3.63) is 71.8 Å². The van der Waals surface area contributed by atoms with Gasteiger partial charge in [-0.2, -0.15) is 120 Å². The molecule has 1 aromatic carbocycles. The predicted molar refractivity (Wildman–Crippen MR) is 386 cm³/mol. The van der Waals surface area contributed by atoms with Crippen LogP contribution in [0.2, 0.25) is 0 Å². The molecule has 0 aromatic heterocycles. The second kappa shape index (κ2) is 38.2. The van der Waals surface area contributed by atoms with Gasteiger partial charge >= 0.3 is 108 Å². The van der Waals surface area contributed by atoms with Crippen molar-refractivity contribution in [2.75, 3.05) is 46.2 Å². The standard InChI is InChI=1S/C11H13F2NO6S.C11H11F2NO6S.C10H11F2NO7S.C10H9F2NO7S.C10H7F2NO6S.C6H7F2NO6S.C6H5F2NO6S/c2*12-11(13,4-15)21(18,19)20-14-9(16)7-5-1-2-6(3-5)8(7)10(14)17;2*11-10(12,3-14)21(17,18)20-13-8(15)6-4-1-2-5(19-4)7(6)9(13)16;11-10(12,5-14)20(17,18)19-13-8(15)6-3-1-2-4-7(6)9(13)16;2*7-6(8,3-10)16(13,14)15-9-4(11)1-2-5(9)12/h5-8,15H,1-4H2;1-2,5-8,15H,3-4H2;4-7,14H,1-3H2;1-2,4-7,14H,3H2;1-4,14H,5H2;10H,1-3H2;1-2,10H,3H2. The van der Waals surface area contributed by atoms with Gasteiger partial charge in [0, 0.05) is 25.0 Å². The molecule has 16 atom stereocenters. The predicted octanol–water partition coefficient (Wildman–Crippen LogP) is -4.86. The molecule has 7 N–H and O–H groups in total. The second-order valence-electron chi connectivity index (χ2n) is 30.2. The van der Waals surface area contributed by atoms with Crippen LogP contribution < -0.4 is 0 Å². The summed E-state index contributed by atoms with van der Waals surface area (Å²) in [5.41, 5.74) is -0.333. The maximum absolute atomic E-state index is 13.1. The van der Waals surface area contributed by atoms with E-state index in [9.17, 15) is 188 Å². The van der Waals surface area contributed by atoms with E-state index >= 15 is 0 Å². The zero-order valence-corrected chi connectivity index (χ0v) is 72.3. The molecular weight excluding hydrogens is 2060 g/mol. The molecule has 16 unspecified atom stereocenters.